The minimum atomic E-state index is -4.57. The third kappa shape index (κ3) is 4.28. The van der Waals surface area contributed by atoms with Crippen molar-refractivity contribution in [2.45, 2.75) is 32.6 Å². The van der Waals surface area contributed by atoms with Crippen molar-refractivity contribution in [3.05, 3.63) is 71.2 Å². The summed E-state index contributed by atoms with van der Waals surface area (Å²) in [5.41, 5.74) is 3.10. The van der Waals surface area contributed by atoms with Gasteiger partial charge in [0.2, 0.25) is 5.62 Å². The summed E-state index contributed by atoms with van der Waals surface area (Å²) >= 11 is 0. The lowest BCUT2D eigenvalue weighted by Gasteiger charge is -2.19. The van der Waals surface area contributed by atoms with E-state index in [4.69, 9.17) is 0 Å². The molecule has 0 bridgehead atoms. The van der Waals surface area contributed by atoms with Crippen molar-refractivity contribution in [2.24, 2.45) is 4.99 Å². The van der Waals surface area contributed by atoms with Crippen LogP contribution in [-0.4, -0.2) is 38.5 Å². The number of aryl methyl sites for hydroxylation is 1. The molecule has 0 saturated carbocycles. The number of aromatic nitrogens is 4. The van der Waals surface area contributed by atoms with Gasteiger partial charge >= 0.3 is 6.18 Å². The molecule has 1 aromatic heterocycles. The molecule has 8 nitrogen and oxygen atoms in total. The number of amides is 1. The van der Waals surface area contributed by atoms with E-state index in [1.54, 1.807) is 25.4 Å². The van der Waals surface area contributed by atoms with Gasteiger partial charge in [0, 0.05) is 48.8 Å². The molecule has 1 unspecified atom stereocenters. The Morgan fingerprint density at radius 1 is 1.17 bits per heavy atom. The number of pyridine rings is 2. The quantitative estimate of drug-likeness (QED) is 0.442. The number of anilines is 2. The van der Waals surface area contributed by atoms with Gasteiger partial charge in [-0.25, -0.2) is 4.98 Å². The van der Waals surface area contributed by atoms with Crippen LogP contribution in [-0.2, 0) is 12.7 Å². The molecule has 184 valence electrons. The summed E-state index contributed by atoms with van der Waals surface area (Å²) in [5, 5.41) is 6.17. The Morgan fingerprint density at radius 2 is 1.97 bits per heavy atom. The van der Waals surface area contributed by atoms with Crippen LogP contribution in [0.3, 0.4) is 0 Å². The Kier molecular flexibility index (Phi) is 5.70. The lowest BCUT2D eigenvalue weighted by molar-refractivity contribution is -0.137. The third-order valence-electron chi connectivity index (χ3n) is 6.01. The van der Waals surface area contributed by atoms with E-state index in [1.165, 1.54) is 0 Å². The van der Waals surface area contributed by atoms with Crippen LogP contribution in [0.4, 0.5) is 24.7 Å². The van der Waals surface area contributed by atoms with Gasteiger partial charge in [0.05, 0.1) is 5.56 Å². The van der Waals surface area contributed by atoms with Gasteiger partial charge in [0.25, 0.3) is 5.91 Å². The van der Waals surface area contributed by atoms with Crippen molar-refractivity contribution in [2.75, 3.05) is 17.7 Å². The van der Waals surface area contributed by atoms with Crippen LogP contribution in [0.5, 0.6) is 0 Å². The van der Waals surface area contributed by atoms with Gasteiger partial charge in [-0.2, -0.15) is 18.2 Å². The molecular formula is C25H22F3N7O. The first-order chi connectivity index (χ1) is 17.1. The van der Waals surface area contributed by atoms with E-state index in [1.807, 2.05) is 19.1 Å². The first kappa shape index (κ1) is 23.5. The Bertz CT molecular complexity index is 1530. The summed E-state index contributed by atoms with van der Waals surface area (Å²) in [4.78, 5) is 29.5. The molecule has 0 aliphatic carbocycles. The Hall–Kier alpha value is -4.28. The highest BCUT2D eigenvalue weighted by Crippen LogP contribution is 2.40. The second-order valence-electron chi connectivity index (χ2n) is 8.65. The Balaban J connectivity index is 1.55. The first-order valence-electron chi connectivity index (χ1n) is 11.2. The van der Waals surface area contributed by atoms with Crippen molar-refractivity contribution in [3.63, 3.8) is 0 Å². The average Bonchev–Trinajstić information content (AvgIpc) is 3.25. The summed E-state index contributed by atoms with van der Waals surface area (Å²) in [7, 11) is 1.64. The fourth-order valence-corrected chi connectivity index (χ4v) is 4.28. The number of nitrogens with one attached hydrogen (secondary N) is 2. The fourth-order valence-electron chi connectivity index (χ4n) is 4.28. The molecule has 2 N–H and O–H groups in total. The maximum atomic E-state index is 13.1. The van der Waals surface area contributed by atoms with Crippen LogP contribution in [0.15, 0.2) is 53.8 Å². The number of halogens is 3. The maximum Gasteiger partial charge on any atom is 0.416 e. The van der Waals surface area contributed by atoms with Crippen LogP contribution < -0.4 is 16.3 Å². The van der Waals surface area contributed by atoms with Crippen LogP contribution in [0.1, 0.15) is 28.5 Å². The summed E-state index contributed by atoms with van der Waals surface area (Å²) in [5.74, 6) is 0.908. The third-order valence-corrected chi connectivity index (χ3v) is 6.01. The molecule has 3 aliphatic rings. The SMILES string of the molecule is CN=c1ncc2cc(-c3cc(NC(=O)c4cc(C(F)(F)F)ccn4)ccc3C)c3n(c-2n1)CC(C)N3. The number of rotatable bonds is 3. The molecule has 0 radical (unpaired) electrons. The molecule has 2 aromatic rings. The van der Waals surface area contributed by atoms with E-state index in [9.17, 15) is 18.0 Å². The molecular weight excluding hydrogens is 471 g/mol. The zero-order valence-corrected chi connectivity index (χ0v) is 19.7. The van der Waals surface area contributed by atoms with E-state index < -0.39 is 17.6 Å². The highest BCUT2D eigenvalue weighted by atomic mass is 19.4. The lowest BCUT2D eigenvalue weighted by Crippen LogP contribution is -2.18. The van der Waals surface area contributed by atoms with Gasteiger partial charge in [0.15, 0.2) is 0 Å². The predicted octanol–water partition coefficient (Wildman–Crippen LogP) is 4.37. The highest BCUT2D eigenvalue weighted by molar-refractivity contribution is 6.03. The molecule has 3 aliphatic heterocycles. The largest absolute Gasteiger partial charge is 0.416 e. The zero-order valence-electron chi connectivity index (χ0n) is 19.7. The molecule has 1 amide bonds. The van der Waals surface area contributed by atoms with Crippen molar-refractivity contribution in [1.82, 2.24) is 19.5 Å². The number of carbonyl (C=O) groups excluding carboxylic acids is 1. The molecule has 11 heteroatoms. The van der Waals surface area contributed by atoms with Crippen molar-refractivity contribution < 1.29 is 18.0 Å². The van der Waals surface area contributed by atoms with Gasteiger partial charge in [-0.1, -0.05) is 6.07 Å². The van der Waals surface area contributed by atoms with Crippen molar-refractivity contribution in [1.29, 1.82) is 0 Å². The van der Waals surface area contributed by atoms with Crippen molar-refractivity contribution in [3.8, 4) is 22.5 Å². The highest BCUT2D eigenvalue weighted by Gasteiger charge is 2.31. The number of benzene rings is 1. The number of fused-ring (bicyclic) bond motifs is 3. The molecule has 0 fully saturated rings. The number of hydrogen-bond acceptors (Lipinski definition) is 6. The normalized spacial score (nSPS) is 15.6. The minimum absolute atomic E-state index is 0.168. The first-order valence-corrected chi connectivity index (χ1v) is 11.2. The van der Waals surface area contributed by atoms with Crippen molar-refractivity contribution >= 4 is 17.4 Å². The molecule has 1 atom stereocenters. The number of alkyl halides is 3. The smallest absolute Gasteiger partial charge is 0.367 e. The molecule has 0 saturated heterocycles. The monoisotopic (exact) mass is 493 g/mol. The van der Waals surface area contributed by atoms with E-state index in [2.05, 4.69) is 42.1 Å². The average molecular weight is 493 g/mol. The molecule has 0 spiro atoms. The topological polar surface area (TPSA) is 97.1 Å². The molecule has 4 heterocycles. The maximum absolute atomic E-state index is 13.1. The zero-order chi connectivity index (χ0) is 25.6. The van der Waals surface area contributed by atoms with Gasteiger partial charge < -0.3 is 15.2 Å². The number of carbonyl (C=O) groups is 1. The Morgan fingerprint density at radius 3 is 2.72 bits per heavy atom. The standard InChI is InChI=1S/C25H22F3N7O/c1-13-4-5-17(33-23(36)20-9-16(6-7-30-20)25(26,27)28)10-18(13)19-8-15-11-31-24(29-3)34-21(15)35-12-14(2)32-22(19)35/h4-11,14,32H,12H2,1-3H3,(H,33,36). The van der Waals surface area contributed by atoms with Gasteiger partial charge in [-0.3, -0.25) is 14.8 Å². The molecule has 36 heavy (non-hydrogen) atoms. The summed E-state index contributed by atoms with van der Waals surface area (Å²) in [6.45, 7) is 4.72. The van der Waals surface area contributed by atoms with Gasteiger partial charge in [0.1, 0.15) is 17.3 Å². The van der Waals surface area contributed by atoms with E-state index in [0.717, 1.165) is 52.2 Å². The van der Waals surface area contributed by atoms with Crippen LogP contribution in [0.2, 0.25) is 0 Å². The predicted molar refractivity (Wildman–Crippen MR) is 129 cm³/mol. The van der Waals surface area contributed by atoms with Crippen LogP contribution in [0, 0.1) is 6.92 Å². The number of nitrogens with zero attached hydrogens (tertiary/aromatic N) is 5. The van der Waals surface area contributed by atoms with Gasteiger partial charge in [-0.15, -0.1) is 0 Å². The second kappa shape index (κ2) is 8.74. The van der Waals surface area contributed by atoms with Gasteiger partial charge in [-0.05, 0) is 55.3 Å². The van der Waals surface area contributed by atoms with E-state index in [-0.39, 0.29) is 11.7 Å². The van der Waals surface area contributed by atoms with E-state index in [0.29, 0.717) is 17.9 Å². The summed E-state index contributed by atoms with van der Waals surface area (Å²) < 4.78 is 41.2. The second-order valence-corrected chi connectivity index (χ2v) is 8.65. The fraction of sp³-hybridized carbons (Fsp3) is 0.240. The molecule has 1 aromatic carbocycles. The number of hydrogen-bond donors (Lipinski definition) is 2. The summed E-state index contributed by atoms with van der Waals surface area (Å²) in [6.07, 6.45) is -1.87. The Labute approximate surface area is 204 Å². The van der Waals surface area contributed by atoms with Crippen LogP contribution in [0.25, 0.3) is 22.5 Å². The summed E-state index contributed by atoms with van der Waals surface area (Å²) in [6, 6.07) is 9.06. The lowest BCUT2D eigenvalue weighted by atomic mass is 9.98. The van der Waals surface area contributed by atoms with E-state index >= 15 is 0 Å². The molecule has 5 rings (SSSR count). The minimum Gasteiger partial charge on any atom is -0.367 e. The van der Waals surface area contributed by atoms with Crippen LogP contribution >= 0.6 is 0 Å².